The predicted molar refractivity (Wildman–Crippen MR) is 85.9 cm³/mol. The van der Waals surface area contributed by atoms with Gasteiger partial charge in [0, 0.05) is 25.1 Å². The third-order valence-corrected chi connectivity index (χ3v) is 3.84. The van der Waals surface area contributed by atoms with Gasteiger partial charge in [0.15, 0.2) is 5.82 Å². The lowest BCUT2D eigenvalue weighted by Gasteiger charge is -2.15. The van der Waals surface area contributed by atoms with E-state index in [-0.39, 0.29) is 5.91 Å². The van der Waals surface area contributed by atoms with Crippen molar-refractivity contribution in [3.8, 4) is 0 Å². The third kappa shape index (κ3) is 3.96. The van der Waals surface area contributed by atoms with Crippen molar-refractivity contribution in [1.29, 1.82) is 0 Å². The van der Waals surface area contributed by atoms with Crippen LogP contribution in [-0.4, -0.2) is 47.0 Å². The maximum Gasteiger partial charge on any atom is 0.254 e. The Kier molecular flexibility index (Phi) is 4.43. The molecule has 0 radical (unpaired) electrons. The summed E-state index contributed by atoms with van der Waals surface area (Å²) < 4.78 is 5.22. The Bertz CT molecular complexity index is 674. The largest absolute Gasteiger partial charge is 0.339 e. The van der Waals surface area contributed by atoms with Crippen LogP contribution < -0.4 is 0 Å². The molecule has 1 aromatic heterocycles. The maximum atomic E-state index is 12.5. The SMILES string of the molecule is CN(C)Cc1ccc(C(=O)N(C)Cc2noc(C3CC3)n2)cc1. The van der Waals surface area contributed by atoms with Gasteiger partial charge >= 0.3 is 0 Å². The van der Waals surface area contributed by atoms with Crippen molar-refractivity contribution < 1.29 is 9.32 Å². The summed E-state index contributed by atoms with van der Waals surface area (Å²) in [4.78, 5) is 20.5. The van der Waals surface area contributed by atoms with Crippen LogP contribution in [0.4, 0.5) is 0 Å². The smallest absolute Gasteiger partial charge is 0.254 e. The van der Waals surface area contributed by atoms with Crippen LogP contribution in [0, 0.1) is 0 Å². The van der Waals surface area contributed by atoms with E-state index in [0.29, 0.717) is 29.7 Å². The average molecular weight is 314 g/mol. The molecule has 1 aliphatic rings. The number of aromatic nitrogens is 2. The quantitative estimate of drug-likeness (QED) is 0.818. The van der Waals surface area contributed by atoms with Crippen molar-refractivity contribution >= 4 is 5.91 Å². The van der Waals surface area contributed by atoms with E-state index in [1.54, 1.807) is 11.9 Å². The highest BCUT2D eigenvalue weighted by Gasteiger charge is 2.29. The Labute approximate surface area is 136 Å². The number of rotatable bonds is 6. The number of carbonyl (C=O) groups is 1. The van der Waals surface area contributed by atoms with E-state index in [2.05, 4.69) is 15.0 Å². The summed E-state index contributed by atoms with van der Waals surface area (Å²) in [6, 6.07) is 7.70. The van der Waals surface area contributed by atoms with Crippen LogP contribution in [0.1, 0.15) is 46.4 Å². The summed E-state index contributed by atoms with van der Waals surface area (Å²) in [5.41, 5.74) is 1.85. The van der Waals surface area contributed by atoms with Gasteiger partial charge in [-0.25, -0.2) is 0 Å². The molecule has 23 heavy (non-hydrogen) atoms. The lowest BCUT2D eigenvalue weighted by atomic mass is 10.1. The summed E-state index contributed by atoms with van der Waals surface area (Å²) in [7, 11) is 5.80. The van der Waals surface area contributed by atoms with Gasteiger partial charge in [0.05, 0.1) is 6.54 Å². The Morgan fingerprint density at radius 3 is 2.48 bits per heavy atom. The highest BCUT2D eigenvalue weighted by Crippen LogP contribution is 2.38. The predicted octanol–water partition coefficient (Wildman–Crippen LogP) is 2.28. The molecule has 1 heterocycles. The molecular weight excluding hydrogens is 292 g/mol. The van der Waals surface area contributed by atoms with Gasteiger partial charge < -0.3 is 14.3 Å². The second-order valence-electron chi connectivity index (χ2n) is 6.42. The van der Waals surface area contributed by atoms with Crippen molar-refractivity contribution in [2.24, 2.45) is 0 Å². The zero-order chi connectivity index (χ0) is 16.4. The number of benzene rings is 1. The molecule has 0 aliphatic heterocycles. The molecule has 0 spiro atoms. The van der Waals surface area contributed by atoms with Gasteiger partial charge in [-0.2, -0.15) is 4.98 Å². The highest BCUT2D eigenvalue weighted by atomic mass is 16.5. The standard InChI is InChI=1S/C17H22N4O2/c1-20(2)10-12-4-6-14(7-5-12)17(22)21(3)11-15-18-16(23-19-15)13-8-9-13/h4-7,13H,8-11H2,1-3H3. The van der Waals surface area contributed by atoms with Gasteiger partial charge in [-0.15, -0.1) is 0 Å². The van der Waals surface area contributed by atoms with Gasteiger partial charge in [-0.3, -0.25) is 4.79 Å². The Morgan fingerprint density at radius 1 is 1.17 bits per heavy atom. The van der Waals surface area contributed by atoms with Crippen molar-refractivity contribution in [1.82, 2.24) is 19.9 Å². The van der Waals surface area contributed by atoms with Crippen LogP contribution in [0.25, 0.3) is 0 Å². The van der Waals surface area contributed by atoms with Crippen molar-refractivity contribution in [3.63, 3.8) is 0 Å². The van der Waals surface area contributed by atoms with Gasteiger partial charge in [-0.1, -0.05) is 17.3 Å². The molecule has 0 N–H and O–H groups in total. The molecule has 6 nitrogen and oxygen atoms in total. The molecule has 1 saturated carbocycles. The van der Waals surface area contributed by atoms with Crippen LogP contribution in [0.15, 0.2) is 28.8 Å². The van der Waals surface area contributed by atoms with E-state index in [4.69, 9.17) is 4.52 Å². The molecule has 122 valence electrons. The van der Waals surface area contributed by atoms with Crippen LogP contribution in [0.5, 0.6) is 0 Å². The van der Waals surface area contributed by atoms with E-state index in [1.165, 1.54) is 5.56 Å². The Morgan fingerprint density at radius 2 is 1.87 bits per heavy atom. The molecule has 0 saturated heterocycles. The Hall–Kier alpha value is -2.21. The van der Waals surface area contributed by atoms with Crippen molar-refractivity contribution in [3.05, 3.63) is 47.1 Å². The zero-order valence-corrected chi connectivity index (χ0v) is 13.8. The van der Waals surface area contributed by atoms with E-state index in [9.17, 15) is 4.79 Å². The number of nitrogens with zero attached hydrogens (tertiary/aromatic N) is 4. The minimum Gasteiger partial charge on any atom is -0.339 e. The summed E-state index contributed by atoms with van der Waals surface area (Å²) in [5, 5.41) is 3.95. The van der Waals surface area contributed by atoms with E-state index >= 15 is 0 Å². The Balaban J connectivity index is 1.61. The molecule has 2 aromatic rings. The zero-order valence-electron chi connectivity index (χ0n) is 13.8. The molecule has 1 aliphatic carbocycles. The second-order valence-corrected chi connectivity index (χ2v) is 6.42. The second kappa shape index (κ2) is 6.50. The number of carbonyl (C=O) groups excluding carboxylic acids is 1. The van der Waals surface area contributed by atoms with Gasteiger partial charge in [0.1, 0.15) is 0 Å². The first-order chi connectivity index (χ1) is 11.0. The molecule has 0 atom stereocenters. The average Bonchev–Trinajstić information content (AvgIpc) is 3.27. The van der Waals surface area contributed by atoms with Crippen molar-refractivity contribution in [2.45, 2.75) is 31.8 Å². The first-order valence-electron chi connectivity index (χ1n) is 7.84. The number of hydrogen-bond acceptors (Lipinski definition) is 5. The molecule has 3 rings (SSSR count). The molecule has 0 bridgehead atoms. The van der Waals surface area contributed by atoms with E-state index in [0.717, 1.165) is 19.4 Å². The topological polar surface area (TPSA) is 62.5 Å². The fourth-order valence-electron chi connectivity index (χ4n) is 2.45. The normalized spacial score (nSPS) is 14.3. The fourth-order valence-corrected chi connectivity index (χ4v) is 2.45. The summed E-state index contributed by atoms with van der Waals surface area (Å²) in [6.07, 6.45) is 2.24. The molecule has 1 fully saturated rings. The summed E-state index contributed by atoms with van der Waals surface area (Å²) in [5.74, 6) is 1.65. The lowest BCUT2D eigenvalue weighted by molar-refractivity contribution is 0.0780. The van der Waals surface area contributed by atoms with Gasteiger partial charge in [0.25, 0.3) is 5.91 Å². The van der Waals surface area contributed by atoms with Gasteiger partial charge in [0.2, 0.25) is 5.89 Å². The maximum absolute atomic E-state index is 12.5. The number of amides is 1. The van der Waals surface area contributed by atoms with Crippen LogP contribution in [0.2, 0.25) is 0 Å². The molecule has 6 heteroatoms. The van der Waals surface area contributed by atoms with E-state index < -0.39 is 0 Å². The summed E-state index contributed by atoms with van der Waals surface area (Å²) >= 11 is 0. The van der Waals surface area contributed by atoms with E-state index in [1.807, 2.05) is 38.4 Å². The number of hydrogen-bond donors (Lipinski definition) is 0. The van der Waals surface area contributed by atoms with Crippen LogP contribution in [-0.2, 0) is 13.1 Å². The fraction of sp³-hybridized carbons (Fsp3) is 0.471. The summed E-state index contributed by atoms with van der Waals surface area (Å²) in [6.45, 7) is 1.21. The minimum absolute atomic E-state index is 0.0424. The van der Waals surface area contributed by atoms with Crippen LogP contribution >= 0.6 is 0 Å². The van der Waals surface area contributed by atoms with Crippen LogP contribution in [0.3, 0.4) is 0 Å². The first kappa shape index (κ1) is 15.7. The van der Waals surface area contributed by atoms with Crippen molar-refractivity contribution in [2.75, 3.05) is 21.1 Å². The molecule has 1 amide bonds. The molecular formula is C17H22N4O2. The lowest BCUT2D eigenvalue weighted by Crippen LogP contribution is -2.26. The highest BCUT2D eigenvalue weighted by molar-refractivity contribution is 5.94. The first-order valence-corrected chi connectivity index (χ1v) is 7.84. The monoisotopic (exact) mass is 314 g/mol. The molecule has 0 unspecified atom stereocenters. The van der Waals surface area contributed by atoms with Gasteiger partial charge in [-0.05, 0) is 44.6 Å². The minimum atomic E-state index is -0.0424. The molecule has 1 aromatic carbocycles. The third-order valence-electron chi connectivity index (χ3n) is 3.84.